The van der Waals surface area contributed by atoms with Crippen molar-refractivity contribution < 1.29 is 9.53 Å². The first-order chi connectivity index (χ1) is 13.3. The topological polar surface area (TPSA) is 96.7 Å². The fourth-order valence-corrected chi connectivity index (χ4v) is 3.56. The molecule has 2 fully saturated rings. The van der Waals surface area contributed by atoms with E-state index in [1.165, 1.54) is 0 Å². The Hall–Kier alpha value is -2.42. The van der Waals surface area contributed by atoms with Crippen LogP contribution in [0.5, 0.6) is 0 Å². The Labute approximate surface area is 164 Å². The summed E-state index contributed by atoms with van der Waals surface area (Å²) in [6.07, 6.45) is 3.39. The molecule has 2 aromatic rings. The third kappa shape index (κ3) is 3.76. The normalized spacial score (nSPS) is 18.9. The fraction of sp³-hybridized carbons (Fsp3) is 0.684. The number of ether oxygens (including phenoxy) is 1. The highest BCUT2D eigenvalue weighted by molar-refractivity contribution is 5.68. The fourth-order valence-electron chi connectivity index (χ4n) is 3.56. The zero-order chi connectivity index (χ0) is 19.9. The summed E-state index contributed by atoms with van der Waals surface area (Å²) in [5.74, 6) is 1.43. The van der Waals surface area contributed by atoms with Gasteiger partial charge >= 0.3 is 6.09 Å². The van der Waals surface area contributed by atoms with Crippen LogP contribution in [0, 0.1) is 6.92 Å². The zero-order valence-corrected chi connectivity index (χ0v) is 17.0. The summed E-state index contributed by atoms with van der Waals surface area (Å²) in [6.45, 7) is 11.2. The Balaban J connectivity index is 1.43. The van der Waals surface area contributed by atoms with Crippen LogP contribution in [0.4, 0.5) is 10.7 Å². The molecular weight excluding hydrogens is 358 g/mol. The summed E-state index contributed by atoms with van der Waals surface area (Å²) in [6, 6.07) is 0.231. The van der Waals surface area contributed by atoms with Gasteiger partial charge in [0, 0.05) is 37.8 Å². The first-order valence-electron chi connectivity index (χ1n) is 9.97. The number of hydrogen-bond donors (Lipinski definition) is 2. The van der Waals surface area contributed by atoms with Gasteiger partial charge in [0.15, 0.2) is 5.65 Å². The molecule has 4 rings (SSSR count). The largest absolute Gasteiger partial charge is 0.443 e. The van der Waals surface area contributed by atoms with Gasteiger partial charge in [-0.05, 0) is 25.2 Å². The minimum absolute atomic E-state index is 0.0254. The second-order valence-electron chi connectivity index (χ2n) is 8.71. The third-order valence-corrected chi connectivity index (χ3v) is 5.39. The summed E-state index contributed by atoms with van der Waals surface area (Å²) >= 11 is 0. The van der Waals surface area contributed by atoms with Gasteiger partial charge in [0.25, 0.3) is 0 Å². The predicted molar refractivity (Wildman–Crippen MR) is 106 cm³/mol. The number of amides is 1. The minimum atomic E-state index is -0.202. The highest BCUT2D eigenvalue weighted by atomic mass is 16.6. The standard InChI is InChI=1S/C19H29N7O2/c1-12-22-16-15(19(2,3)4)11-21-26(16)17(23-12)24-13-5-7-25(8-6-13)18(27)28-14-9-20-10-14/h11,13-14,20H,5-10H2,1-4H3,(H,22,23,24). The van der Waals surface area contributed by atoms with E-state index >= 15 is 0 Å². The number of hydrogen-bond acceptors (Lipinski definition) is 7. The van der Waals surface area contributed by atoms with Crippen LogP contribution in [-0.4, -0.2) is 68.9 Å². The molecule has 1 amide bonds. The van der Waals surface area contributed by atoms with Crippen molar-refractivity contribution in [2.45, 2.75) is 58.1 Å². The van der Waals surface area contributed by atoms with Crippen LogP contribution in [0.1, 0.15) is 45.0 Å². The van der Waals surface area contributed by atoms with Gasteiger partial charge in [0.2, 0.25) is 5.95 Å². The average Bonchev–Trinajstić information content (AvgIpc) is 3.03. The molecule has 2 N–H and O–H groups in total. The van der Waals surface area contributed by atoms with Gasteiger partial charge in [-0.1, -0.05) is 20.8 Å². The zero-order valence-electron chi connectivity index (χ0n) is 17.0. The Morgan fingerprint density at radius 3 is 2.57 bits per heavy atom. The minimum Gasteiger partial charge on any atom is -0.443 e. The molecule has 0 bridgehead atoms. The monoisotopic (exact) mass is 387 g/mol. The molecule has 0 atom stereocenters. The van der Waals surface area contributed by atoms with E-state index in [2.05, 4.69) is 46.5 Å². The van der Waals surface area contributed by atoms with Crippen LogP contribution in [0.15, 0.2) is 6.20 Å². The molecule has 2 aliphatic heterocycles. The van der Waals surface area contributed by atoms with Crippen LogP contribution in [0.2, 0.25) is 0 Å². The maximum Gasteiger partial charge on any atom is 0.410 e. The molecule has 9 heteroatoms. The van der Waals surface area contributed by atoms with Crippen molar-refractivity contribution in [3.05, 3.63) is 17.6 Å². The van der Waals surface area contributed by atoms with Crippen LogP contribution in [-0.2, 0) is 10.2 Å². The van der Waals surface area contributed by atoms with Crippen molar-refractivity contribution in [2.24, 2.45) is 0 Å². The summed E-state index contributed by atoms with van der Waals surface area (Å²) in [4.78, 5) is 23.2. The lowest BCUT2D eigenvalue weighted by Gasteiger charge is -2.34. The Bertz CT molecular complexity index is 861. The van der Waals surface area contributed by atoms with Crippen molar-refractivity contribution in [3.63, 3.8) is 0 Å². The van der Waals surface area contributed by atoms with Gasteiger partial charge in [-0.25, -0.2) is 9.78 Å². The second-order valence-corrected chi connectivity index (χ2v) is 8.71. The lowest BCUT2D eigenvalue weighted by Crippen LogP contribution is -2.52. The number of rotatable bonds is 3. The number of carbonyl (C=O) groups excluding carboxylic acids is 1. The van der Waals surface area contributed by atoms with E-state index in [-0.39, 0.29) is 23.7 Å². The summed E-state index contributed by atoms with van der Waals surface area (Å²) in [5.41, 5.74) is 1.91. The number of aryl methyl sites for hydroxylation is 1. The van der Waals surface area contributed by atoms with Crippen LogP contribution in [0.3, 0.4) is 0 Å². The van der Waals surface area contributed by atoms with E-state index in [0.717, 1.165) is 43.0 Å². The van der Waals surface area contributed by atoms with Crippen molar-refractivity contribution >= 4 is 17.7 Å². The Kier molecular flexibility index (Phi) is 4.86. The van der Waals surface area contributed by atoms with E-state index in [4.69, 9.17) is 4.74 Å². The van der Waals surface area contributed by atoms with Gasteiger partial charge in [0.1, 0.15) is 11.9 Å². The number of nitrogens with one attached hydrogen (secondary N) is 2. The second kappa shape index (κ2) is 7.20. The summed E-state index contributed by atoms with van der Waals surface area (Å²) < 4.78 is 7.25. The smallest absolute Gasteiger partial charge is 0.410 e. The van der Waals surface area contributed by atoms with Crippen molar-refractivity contribution in [1.29, 1.82) is 0 Å². The van der Waals surface area contributed by atoms with Gasteiger partial charge in [0.05, 0.1) is 6.20 Å². The van der Waals surface area contributed by atoms with Gasteiger partial charge in [-0.2, -0.15) is 14.6 Å². The molecule has 28 heavy (non-hydrogen) atoms. The lowest BCUT2D eigenvalue weighted by atomic mass is 9.89. The molecule has 4 heterocycles. The number of anilines is 1. The van der Waals surface area contributed by atoms with E-state index in [1.807, 2.05) is 13.1 Å². The molecule has 0 saturated carbocycles. The van der Waals surface area contributed by atoms with Crippen molar-refractivity contribution in [2.75, 3.05) is 31.5 Å². The molecule has 2 saturated heterocycles. The summed E-state index contributed by atoms with van der Waals surface area (Å²) in [7, 11) is 0. The number of likely N-dealkylation sites (tertiary alicyclic amines) is 1. The molecular formula is C19H29N7O2. The van der Waals surface area contributed by atoms with Gasteiger partial charge in [-0.15, -0.1) is 0 Å². The summed E-state index contributed by atoms with van der Waals surface area (Å²) in [5, 5.41) is 11.1. The van der Waals surface area contributed by atoms with Crippen molar-refractivity contribution in [1.82, 2.24) is 29.8 Å². The molecule has 0 aromatic carbocycles. The number of carbonyl (C=O) groups is 1. The maximum absolute atomic E-state index is 12.2. The van der Waals surface area contributed by atoms with Crippen LogP contribution in [0.25, 0.3) is 5.65 Å². The quantitative estimate of drug-likeness (QED) is 0.828. The SMILES string of the molecule is Cc1nc(NC2CCN(C(=O)OC3CNC3)CC2)n2ncc(C(C)(C)C)c2n1. The molecule has 9 nitrogen and oxygen atoms in total. The highest BCUT2D eigenvalue weighted by Gasteiger charge is 2.29. The Morgan fingerprint density at radius 2 is 1.96 bits per heavy atom. The van der Waals surface area contributed by atoms with E-state index in [9.17, 15) is 4.79 Å². The molecule has 0 aliphatic carbocycles. The highest BCUT2D eigenvalue weighted by Crippen LogP contribution is 2.27. The molecule has 0 spiro atoms. The number of piperidine rings is 1. The molecule has 152 valence electrons. The molecule has 2 aliphatic rings. The lowest BCUT2D eigenvalue weighted by molar-refractivity contribution is 0.0347. The average molecular weight is 387 g/mol. The maximum atomic E-state index is 12.2. The first-order valence-corrected chi connectivity index (χ1v) is 9.97. The van der Waals surface area contributed by atoms with E-state index in [0.29, 0.717) is 19.0 Å². The molecule has 0 radical (unpaired) electrons. The molecule has 2 aromatic heterocycles. The van der Waals surface area contributed by atoms with E-state index in [1.54, 1.807) is 9.42 Å². The Morgan fingerprint density at radius 1 is 1.25 bits per heavy atom. The first kappa shape index (κ1) is 18.9. The van der Waals surface area contributed by atoms with Crippen molar-refractivity contribution in [3.8, 4) is 0 Å². The van der Waals surface area contributed by atoms with E-state index < -0.39 is 0 Å². The molecule has 0 unspecified atom stereocenters. The third-order valence-electron chi connectivity index (χ3n) is 5.39. The van der Waals surface area contributed by atoms with Gasteiger partial charge < -0.3 is 20.3 Å². The predicted octanol–water partition coefficient (Wildman–Crippen LogP) is 1.71. The number of aromatic nitrogens is 4. The van der Waals surface area contributed by atoms with Gasteiger partial charge in [-0.3, -0.25) is 0 Å². The number of nitrogens with zero attached hydrogens (tertiary/aromatic N) is 5. The number of fused-ring (bicyclic) bond motifs is 1. The van der Waals surface area contributed by atoms with Crippen LogP contribution >= 0.6 is 0 Å². The van der Waals surface area contributed by atoms with Crippen LogP contribution < -0.4 is 10.6 Å².